The van der Waals surface area contributed by atoms with E-state index in [4.69, 9.17) is 10.3 Å². The summed E-state index contributed by atoms with van der Waals surface area (Å²) >= 11 is 0. The van der Waals surface area contributed by atoms with Crippen LogP contribution in [-0.2, 0) is 4.74 Å². The molecule has 18 heavy (non-hydrogen) atoms. The summed E-state index contributed by atoms with van der Waals surface area (Å²) in [6, 6.07) is -0.504. The molecule has 0 spiro atoms. The van der Waals surface area contributed by atoms with E-state index in [1.54, 1.807) is 20.8 Å². The molecule has 1 N–H and O–H groups in total. The lowest BCUT2D eigenvalue weighted by atomic mass is 10.00. The molecule has 2 atom stereocenters. The van der Waals surface area contributed by atoms with Crippen molar-refractivity contribution in [2.24, 2.45) is 5.11 Å². The first-order chi connectivity index (χ1) is 8.37. The van der Waals surface area contributed by atoms with E-state index in [-0.39, 0.29) is 18.7 Å². The number of hydrogen-bond acceptors (Lipinski definition) is 4. The Bertz CT molecular complexity index is 347. The Morgan fingerprint density at radius 3 is 2.72 bits per heavy atom. The molecule has 1 fully saturated rings. The third-order valence-corrected chi connectivity index (χ3v) is 2.74. The van der Waals surface area contributed by atoms with Crippen LogP contribution in [-0.4, -0.2) is 46.9 Å². The van der Waals surface area contributed by atoms with Crippen molar-refractivity contribution in [1.29, 1.82) is 0 Å². The van der Waals surface area contributed by atoms with Crippen LogP contribution in [0.1, 0.15) is 33.6 Å². The molecule has 0 aromatic rings. The van der Waals surface area contributed by atoms with Crippen molar-refractivity contribution in [1.82, 2.24) is 4.90 Å². The molecule has 0 aromatic carbocycles. The Labute approximate surface area is 106 Å². The van der Waals surface area contributed by atoms with Crippen LogP contribution in [0.5, 0.6) is 0 Å². The van der Waals surface area contributed by atoms with Crippen molar-refractivity contribution in [3.63, 3.8) is 0 Å². The number of amides is 1. The number of carbonyl (C=O) groups is 1. The van der Waals surface area contributed by atoms with Gasteiger partial charge in [0.15, 0.2) is 0 Å². The van der Waals surface area contributed by atoms with Crippen molar-refractivity contribution in [3.05, 3.63) is 10.4 Å². The lowest BCUT2D eigenvalue weighted by Crippen LogP contribution is -2.51. The molecule has 7 heteroatoms. The van der Waals surface area contributed by atoms with E-state index in [0.29, 0.717) is 19.4 Å². The number of nitrogens with zero attached hydrogens (tertiary/aromatic N) is 4. The van der Waals surface area contributed by atoms with Crippen LogP contribution in [0.4, 0.5) is 4.79 Å². The minimum Gasteiger partial charge on any atom is -0.444 e. The predicted molar refractivity (Wildman–Crippen MR) is 66.0 cm³/mol. The van der Waals surface area contributed by atoms with E-state index >= 15 is 0 Å². The summed E-state index contributed by atoms with van der Waals surface area (Å²) in [5.41, 5.74) is 7.85. The van der Waals surface area contributed by atoms with Gasteiger partial charge in [0, 0.05) is 11.5 Å². The minimum atomic E-state index is -0.581. The van der Waals surface area contributed by atoms with E-state index in [1.807, 2.05) is 0 Å². The smallest absolute Gasteiger partial charge is 0.410 e. The minimum absolute atomic E-state index is 0.109. The molecule has 1 aliphatic rings. The second kappa shape index (κ2) is 5.93. The summed E-state index contributed by atoms with van der Waals surface area (Å²) in [7, 11) is 0. The van der Waals surface area contributed by atoms with Crippen molar-refractivity contribution in [3.8, 4) is 0 Å². The fraction of sp³-hybridized carbons (Fsp3) is 0.909. The Morgan fingerprint density at radius 1 is 1.56 bits per heavy atom. The van der Waals surface area contributed by atoms with Gasteiger partial charge in [-0.3, -0.25) is 0 Å². The average molecular weight is 256 g/mol. The molecule has 1 saturated heterocycles. The predicted octanol–water partition coefficient (Wildman–Crippen LogP) is 2.06. The molecule has 0 aliphatic carbocycles. The van der Waals surface area contributed by atoms with E-state index < -0.39 is 11.7 Å². The van der Waals surface area contributed by atoms with Crippen LogP contribution < -0.4 is 0 Å². The number of aliphatic hydroxyl groups is 1. The van der Waals surface area contributed by atoms with E-state index in [1.165, 1.54) is 4.90 Å². The maximum absolute atomic E-state index is 12.0. The van der Waals surface area contributed by atoms with Gasteiger partial charge in [0.05, 0.1) is 18.7 Å². The zero-order chi connectivity index (χ0) is 13.8. The highest BCUT2D eigenvalue weighted by atomic mass is 16.6. The monoisotopic (exact) mass is 256 g/mol. The second-order valence-electron chi connectivity index (χ2n) is 5.41. The zero-order valence-electron chi connectivity index (χ0n) is 11.0. The van der Waals surface area contributed by atoms with E-state index in [0.717, 1.165) is 0 Å². The first kappa shape index (κ1) is 14.6. The number of piperidine rings is 1. The Morgan fingerprint density at radius 2 is 2.22 bits per heavy atom. The number of rotatable bonds is 2. The highest BCUT2D eigenvalue weighted by Crippen LogP contribution is 2.22. The lowest BCUT2D eigenvalue weighted by Gasteiger charge is -2.38. The zero-order valence-corrected chi connectivity index (χ0v) is 11.0. The molecular weight excluding hydrogens is 236 g/mol. The first-order valence-electron chi connectivity index (χ1n) is 6.02. The molecule has 0 saturated carbocycles. The van der Waals surface area contributed by atoms with Crippen LogP contribution in [0, 0.1) is 0 Å². The van der Waals surface area contributed by atoms with Crippen molar-refractivity contribution >= 4 is 6.09 Å². The van der Waals surface area contributed by atoms with E-state index in [2.05, 4.69) is 10.0 Å². The van der Waals surface area contributed by atoms with Crippen LogP contribution in [0.15, 0.2) is 5.11 Å². The Hall–Kier alpha value is -1.46. The maximum atomic E-state index is 12.0. The van der Waals surface area contributed by atoms with Gasteiger partial charge in [0.25, 0.3) is 0 Å². The molecule has 1 aliphatic heterocycles. The van der Waals surface area contributed by atoms with Crippen molar-refractivity contribution in [2.75, 3.05) is 13.2 Å². The van der Waals surface area contributed by atoms with Gasteiger partial charge in [-0.25, -0.2) is 4.79 Å². The van der Waals surface area contributed by atoms with Gasteiger partial charge < -0.3 is 14.7 Å². The van der Waals surface area contributed by atoms with Gasteiger partial charge in [-0.2, -0.15) is 0 Å². The average Bonchev–Trinajstić information content (AvgIpc) is 2.27. The molecule has 1 rings (SSSR count). The van der Waals surface area contributed by atoms with E-state index in [9.17, 15) is 9.90 Å². The SMILES string of the molecule is CC(C)(C)OC(=O)N1CC(N=[N+]=[N-])CCC1CO. The molecule has 7 nitrogen and oxygen atoms in total. The van der Waals surface area contributed by atoms with Gasteiger partial charge in [0.2, 0.25) is 0 Å². The quantitative estimate of drug-likeness (QED) is 0.465. The van der Waals surface area contributed by atoms with Crippen LogP contribution in [0.3, 0.4) is 0 Å². The number of hydrogen-bond donors (Lipinski definition) is 1. The molecule has 0 bridgehead atoms. The summed E-state index contributed by atoms with van der Waals surface area (Å²) < 4.78 is 5.28. The van der Waals surface area contributed by atoms with Crippen molar-refractivity contribution < 1.29 is 14.6 Å². The molecule has 1 amide bonds. The lowest BCUT2D eigenvalue weighted by molar-refractivity contribution is -0.000603. The van der Waals surface area contributed by atoms with Gasteiger partial charge in [-0.05, 0) is 39.1 Å². The number of ether oxygens (including phenoxy) is 1. The van der Waals surface area contributed by atoms with Crippen LogP contribution in [0.25, 0.3) is 10.4 Å². The molecule has 0 aromatic heterocycles. The van der Waals surface area contributed by atoms with Crippen molar-refractivity contribution in [2.45, 2.75) is 51.3 Å². The van der Waals surface area contributed by atoms with Crippen LogP contribution >= 0.6 is 0 Å². The highest BCUT2D eigenvalue weighted by molar-refractivity contribution is 5.68. The number of aliphatic hydroxyl groups excluding tert-OH is 1. The van der Waals surface area contributed by atoms with Gasteiger partial charge in [0.1, 0.15) is 5.60 Å². The third kappa shape index (κ3) is 4.09. The van der Waals surface area contributed by atoms with Crippen LogP contribution in [0.2, 0.25) is 0 Å². The largest absolute Gasteiger partial charge is 0.444 e. The number of azide groups is 1. The fourth-order valence-electron chi connectivity index (χ4n) is 1.91. The van der Waals surface area contributed by atoms with Gasteiger partial charge >= 0.3 is 6.09 Å². The topological polar surface area (TPSA) is 98.5 Å². The number of likely N-dealkylation sites (tertiary alicyclic amines) is 1. The normalized spacial score (nSPS) is 24.3. The van der Waals surface area contributed by atoms with Gasteiger partial charge in [-0.1, -0.05) is 5.11 Å². The molecule has 102 valence electrons. The summed E-state index contributed by atoms with van der Waals surface area (Å²) in [6.45, 7) is 5.54. The molecule has 2 unspecified atom stereocenters. The van der Waals surface area contributed by atoms with Gasteiger partial charge in [-0.15, -0.1) is 0 Å². The summed E-state index contributed by atoms with van der Waals surface area (Å²) in [6.07, 6.45) is 0.813. The summed E-state index contributed by atoms with van der Waals surface area (Å²) in [4.78, 5) is 16.2. The first-order valence-corrected chi connectivity index (χ1v) is 6.02. The molecular formula is C11H20N4O3. The maximum Gasteiger partial charge on any atom is 0.410 e. The number of carbonyl (C=O) groups excluding carboxylic acids is 1. The molecule has 0 radical (unpaired) electrons. The Balaban J connectivity index is 2.73. The Kier molecular flexibility index (Phi) is 4.81. The fourth-order valence-corrected chi connectivity index (χ4v) is 1.91. The summed E-state index contributed by atoms with van der Waals surface area (Å²) in [5, 5.41) is 12.9. The standard InChI is InChI=1S/C11H20N4O3/c1-11(2,3)18-10(17)15-6-8(13-14-12)4-5-9(15)7-16/h8-9,16H,4-7H2,1-3H3. The highest BCUT2D eigenvalue weighted by Gasteiger charge is 2.33. The third-order valence-electron chi connectivity index (χ3n) is 2.74. The second-order valence-corrected chi connectivity index (χ2v) is 5.41. The molecule has 1 heterocycles. The summed E-state index contributed by atoms with van der Waals surface area (Å²) in [5.74, 6) is 0.